The van der Waals surface area contributed by atoms with E-state index in [9.17, 15) is 9.90 Å². The van der Waals surface area contributed by atoms with Crippen LogP contribution >= 0.6 is 0 Å². The number of hydrogen-bond acceptors (Lipinski definition) is 6. The summed E-state index contributed by atoms with van der Waals surface area (Å²) in [5.41, 5.74) is 3.32. The number of rotatable bonds is 6. The van der Waals surface area contributed by atoms with Gasteiger partial charge in [-0.15, -0.1) is 10.2 Å². The van der Waals surface area contributed by atoms with Crippen molar-refractivity contribution >= 4 is 11.7 Å². The Morgan fingerprint density at radius 3 is 2.56 bits per heavy atom. The molecule has 0 atom stereocenters. The van der Waals surface area contributed by atoms with Crippen LogP contribution in [0.3, 0.4) is 0 Å². The van der Waals surface area contributed by atoms with Gasteiger partial charge in [0.2, 0.25) is 0 Å². The van der Waals surface area contributed by atoms with E-state index in [0.29, 0.717) is 12.2 Å². The van der Waals surface area contributed by atoms with Gasteiger partial charge >= 0.3 is 0 Å². The van der Waals surface area contributed by atoms with Crippen LogP contribution in [-0.2, 0) is 6.54 Å². The molecule has 1 aliphatic heterocycles. The summed E-state index contributed by atoms with van der Waals surface area (Å²) in [7, 11) is 0. The Morgan fingerprint density at radius 1 is 1.00 bits per heavy atom. The van der Waals surface area contributed by atoms with Crippen molar-refractivity contribution in [2.24, 2.45) is 0 Å². The van der Waals surface area contributed by atoms with E-state index < -0.39 is 0 Å². The standard InChI is InChI=1S/C27H29N5O2/c1-2-14-28-27(34)25-12-13-26(30-29-25)32-17-15-31(16-18-32)20-23-8-4-3-7-22(23)11-10-21-6-5-9-24(33)19-21/h3-9,12-13,19,33H,2,14-18,20H2,1H3,(H,28,34). The molecule has 3 aromatic rings. The van der Waals surface area contributed by atoms with Crippen molar-refractivity contribution < 1.29 is 9.90 Å². The van der Waals surface area contributed by atoms with Crippen LogP contribution in [0.1, 0.15) is 40.5 Å². The van der Waals surface area contributed by atoms with Crippen LogP contribution in [0.2, 0.25) is 0 Å². The molecule has 174 valence electrons. The summed E-state index contributed by atoms with van der Waals surface area (Å²) >= 11 is 0. The zero-order valence-electron chi connectivity index (χ0n) is 19.4. The van der Waals surface area contributed by atoms with E-state index in [0.717, 1.165) is 56.1 Å². The lowest BCUT2D eigenvalue weighted by Gasteiger charge is -2.35. The highest BCUT2D eigenvalue weighted by Gasteiger charge is 2.19. The van der Waals surface area contributed by atoms with E-state index >= 15 is 0 Å². The zero-order valence-corrected chi connectivity index (χ0v) is 19.4. The minimum atomic E-state index is -0.184. The Kier molecular flexibility index (Phi) is 7.74. The number of phenolic OH excluding ortho intramolecular Hbond substituents is 1. The van der Waals surface area contributed by atoms with Gasteiger partial charge in [-0.1, -0.05) is 43.0 Å². The number of carbonyl (C=O) groups excluding carboxylic acids is 1. The number of carbonyl (C=O) groups is 1. The highest BCUT2D eigenvalue weighted by Crippen LogP contribution is 2.17. The Morgan fingerprint density at radius 2 is 1.82 bits per heavy atom. The summed E-state index contributed by atoms with van der Waals surface area (Å²) < 4.78 is 0. The van der Waals surface area contributed by atoms with Gasteiger partial charge in [-0.3, -0.25) is 9.69 Å². The van der Waals surface area contributed by atoms with E-state index in [1.165, 1.54) is 5.56 Å². The molecule has 34 heavy (non-hydrogen) atoms. The Labute approximate surface area is 200 Å². The molecule has 7 heteroatoms. The normalized spacial score (nSPS) is 13.7. The second-order valence-corrected chi connectivity index (χ2v) is 8.25. The molecular weight excluding hydrogens is 426 g/mol. The number of piperazine rings is 1. The predicted octanol–water partition coefficient (Wildman–Crippen LogP) is 3.04. The fourth-order valence-electron chi connectivity index (χ4n) is 3.82. The third-order valence-electron chi connectivity index (χ3n) is 5.71. The molecule has 1 amide bonds. The quantitative estimate of drug-likeness (QED) is 0.556. The zero-order chi connectivity index (χ0) is 23.8. The van der Waals surface area contributed by atoms with Crippen molar-refractivity contribution in [2.45, 2.75) is 19.9 Å². The van der Waals surface area contributed by atoms with E-state index in [1.54, 1.807) is 24.3 Å². The highest BCUT2D eigenvalue weighted by molar-refractivity contribution is 5.92. The molecule has 7 nitrogen and oxygen atoms in total. The number of amides is 1. The van der Waals surface area contributed by atoms with Gasteiger partial charge in [0.25, 0.3) is 5.91 Å². The average molecular weight is 456 g/mol. The summed E-state index contributed by atoms with van der Waals surface area (Å²) in [4.78, 5) is 16.6. The molecular formula is C27H29N5O2. The lowest BCUT2D eigenvalue weighted by Crippen LogP contribution is -2.46. The number of aromatic hydroxyl groups is 1. The van der Waals surface area contributed by atoms with E-state index in [4.69, 9.17) is 0 Å². The second-order valence-electron chi connectivity index (χ2n) is 8.25. The largest absolute Gasteiger partial charge is 0.508 e. The van der Waals surface area contributed by atoms with Gasteiger partial charge < -0.3 is 15.3 Å². The molecule has 2 aromatic carbocycles. The minimum absolute atomic E-state index is 0.184. The number of phenols is 1. The van der Waals surface area contributed by atoms with Crippen LogP contribution in [-0.4, -0.2) is 58.8 Å². The van der Waals surface area contributed by atoms with Crippen molar-refractivity contribution in [3.8, 4) is 17.6 Å². The topological polar surface area (TPSA) is 81.6 Å². The third-order valence-corrected chi connectivity index (χ3v) is 5.71. The van der Waals surface area contributed by atoms with Gasteiger partial charge in [0.15, 0.2) is 11.5 Å². The van der Waals surface area contributed by atoms with Crippen LogP contribution in [0.15, 0.2) is 60.7 Å². The number of nitrogens with zero attached hydrogens (tertiary/aromatic N) is 4. The number of nitrogens with one attached hydrogen (secondary N) is 1. The van der Waals surface area contributed by atoms with Gasteiger partial charge in [-0.05, 0) is 48.4 Å². The molecule has 0 saturated carbocycles. The van der Waals surface area contributed by atoms with Gasteiger partial charge in [0, 0.05) is 50.4 Å². The van der Waals surface area contributed by atoms with Crippen molar-refractivity contribution in [3.05, 3.63) is 83.0 Å². The SMILES string of the molecule is CCCNC(=O)c1ccc(N2CCN(Cc3ccccc3C#Cc3cccc(O)c3)CC2)nn1. The van der Waals surface area contributed by atoms with Crippen LogP contribution in [0.5, 0.6) is 5.75 Å². The Bertz CT molecular complexity index is 1180. The number of aromatic nitrogens is 2. The fourth-order valence-corrected chi connectivity index (χ4v) is 3.82. The molecule has 2 heterocycles. The van der Waals surface area contributed by atoms with Crippen molar-refractivity contribution in [1.82, 2.24) is 20.4 Å². The second kappa shape index (κ2) is 11.3. The highest BCUT2D eigenvalue weighted by atomic mass is 16.3. The molecule has 2 N–H and O–H groups in total. The summed E-state index contributed by atoms with van der Waals surface area (Å²) in [6, 6.07) is 18.8. The number of benzene rings is 2. The smallest absolute Gasteiger partial charge is 0.271 e. The molecule has 4 rings (SSSR count). The average Bonchev–Trinajstić information content (AvgIpc) is 2.87. The number of hydrogen-bond donors (Lipinski definition) is 2. The molecule has 1 aromatic heterocycles. The maximum absolute atomic E-state index is 12.0. The van der Waals surface area contributed by atoms with Crippen LogP contribution in [0.25, 0.3) is 0 Å². The third kappa shape index (κ3) is 6.12. The Hall–Kier alpha value is -3.89. The molecule has 1 fully saturated rings. The summed E-state index contributed by atoms with van der Waals surface area (Å²) in [6.45, 7) is 6.94. The lowest BCUT2D eigenvalue weighted by molar-refractivity contribution is 0.0947. The first kappa shape index (κ1) is 23.3. The fraction of sp³-hybridized carbons (Fsp3) is 0.296. The monoisotopic (exact) mass is 455 g/mol. The van der Waals surface area contributed by atoms with Crippen molar-refractivity contribution in [2.75, 3.05) is 37.6 Å². The maximum atomic E-state index is 12.0. The van der Waals surface area contributed by atoms with E-state index in [1.807, 2.05) is 37.3 Å². The predicted molar refractivity (Wildman–Crippen MR) is 133 cm³/mol. The maximum Gasteiger partial charge on any atom is 0.271 e. The van der Waals surface area contributed by atoms with Gasteiger partial charge in [-0.2, -0.15) is 0 Å². The molecule has 0 unspecified atom stereocenters. The van der Waals surface area contributed by atoms with E-state index in [-0.39, 0.29) is 11.7 Å². The van der Waals surface area contributed by atoms with Crippen molar-refractivity contribution in [1.29, 1.82) is 0 Å². The summed E-state index contributed by atoms with van der Waals surface area (Å²) in [5.74, 6) is 7.24. The molecule has 0 radical (unpaired) electrons. The molecule has 0 bridgehead atoms. The first-order valence-corrected chi connectivity index (χ1v) is 11.6. The van der Waals surface area contributed by atoms with Crippen molar-refractivity contribution in [3.63, 3.8) is 0 Å². The van der Waals surface area contributed by atoms with Crippen LogP contribution in [0, 0.1) is 11.8 Å². The minimum Gasteiger partial charge on any atom is -0.508 e. The summed E-state index contributed by atoms with van der Waals surface area (Å²) in [5, 5.41) is 20.9. The van der Waals surface area contributed by atoms with Crippen LogP contribution in [0.4, 0.5) is 5.82 Å². The molecule has 0 aliphatic carbocycles. The first-order valence-electron chi connectivity index (χ1n) is 11.6. The van der Waals surface area contributed by atoms with E-state index in [2.05, 4.69) is 43.2 Å². The van der Waals surface area contributed by atoms with Gasteiger partial charge in [0.1, 0.15) is 5.75 Å². The Balaban J connectivity index is 1.35. The van der Waals surface area contributed by atoms with Gasteiger partial charge in [0.05, 0.1) is 0 Å². The molecule has 1 saturated heterocycles. The molecule has 0 spiro atoms. The van der Waals surface area contributed by atoms with Crippen LogP contribution < -0.4 is 10.2 Å². The summed E-state index contributed by atoms with van der Waals surface area (Å²) in [6.07, 6.45) is 0.885. The lowest BCUT2D eigenvalue weighted by atomic mass is 10.1. The van der Waals surface area contributed by atoms with Gasteiger partial charge in [-0.25, -0.2) is 0 Å². The number of anilines is 1. The first-order chi connectivity index (χ1) is 16.6. The molecule has 1 aliphatic rings.